The van der Waals surface area contributed by atoms with E-state index in [4.69, 9.17) is 4.74 Å². The van der Waals surface area contributed by atoms with E-state index in [-0.39, 0.29) is 12.0 Å². The molecule has 0 fully saturated rings. The molecule has 1 amide bonds. The highest BCUT2D eigenvalue weighted by molar-refractivity contribution is 6.48. The molecule has 126 valence electrons. The second kappa shape index (κ2) is 7.64. The number of hydrogen-bond donors (Lipinski definition) is 2. The number of ether oxygens (including phenoxy) is 1. The van der Waals surface area contributed by atoms with Gasteiger partial charge in [-0.1, -0.05) is 48.5 Å². The van der Waals surface area contributed by atoms with Crippen molar-refractivity contribution in [2.24, 2.45) is 0 Å². The number of amides is 1. The molecule has 0 bridgehead atoms. The molecule has 1 aliphatic carbocycles. The van der Waals surface area contributed by atoms with E-state index in [9.17, 15) is 9.59 Å². The predicted octanol–water partition coefficient (Wildman–Crippen LogP) is 3.26. The third-order valence-corrected chi connectivity index (χ3v) is 5.66. The van der Waals surface area contributed by atoms with Gasteiger partial charge in [-0.15, -0.1) is 0 Å². The van der Waals surface area contributed by atoms with Gasteiger partial charge in [0, 0.05) is 12.5 Å². The van der Waals surface area contributed by atoms with Crippen molar-refractivity contribution in [1.82, 2.24) is 5.32 Å². The van der Waals surface area contributed by atoms with Crippen LogP contribution in [0.1, 0.15) is 23.5 Å². The molecule has 0 aliphatic heterocycles. The molecule has 2 N–H and O–H groups in total. The van der Waals surface area contributed by atoms with Crippen LogP contribution in [0.15, 0.2) is 48.5 Å². The van der Waals surface area contributed by atoms with Gasteiger partial charge in [0.2, 0.25) is 0 Å². The number of rotatable bonds is 6. The van der Waals surface area contributed by atoms with Crippen LogP contribution in [0.25, 0.3) is 11.1 Å². The zero-order valence-electron chi connectivity index (χ0n) is 13.9. The summed E-state index contributed by atoms with van der Waals surface area (Å²) in [7, 11) is -1.53. The summed E-state index contributed by atoms with van der Waals surface area (Å²) in [6, 6.07) is 17.4. The average Bonchev–Trinajstić information content (AvgIpc) is 2.91. The fourth-order valence-corrected chi connectivity index (χ4v) is 4.03. The van der Waals surface area contributed by atoms with Crippen LogP contribution in [0.5, 0.6) is 0 Å². The number of fused-ring (bicyclic) bond motifs is 3. The summed E-state index contributed by atoms with van der Waals surface area (Å²) in [4.78, 5) is 21.2. The second-order valence-corrected chi connectivity index (χ2v) is 8.52. The first kappa shape index (κ1) is 16.7. The third-order valence-electron chi connectivity index (χ3n) is 4.41. The molecule has 1 unspecified atom stereocenters. The smallest absolute Gasteiger partial charge is 0.407 e. The number of hydrogen-bond acceptors (Lipinski definition) is 3. The Morgan fingerprint density at radius 1 is 1.12 bits per heavy atom. The van der Waals surface area contributed by atoms with E-state index < -0.39 is 9.04 Å². The molecular weight excluding hydrogens is 318 g/mol. The molecular formula is C19H23NO3Si. The monoisotopic (exact) mass is 341 g/mol. The Kier molecular flexibility index (Phi) is 5.33. The van der Waals surface area contributed by atoms with Crippen LogP contribution in [0.4, 0.5) is 4.79 Å². The fraction of sp³-hybridized carbons (Fsp3) is 0.316. The van der Waals surface area contributed by atoms with Crippen LogP contribution in [0, 0.1) is 0 Å². The molecule has 0 saturated carbocycles. The van der Waals surface area contributed by atoms with Crippen LogP contribution in [-0.2, 0) is 4.74 Å². The Morgan fingerprint density at radius 2 is 1.71 bits per heavy atom. The minimum absolute atomic E-state index is 0.0908. The van der Waals surface area contributed by atoms with Gasteiger partial charge in [0.05, 0.1) is 0 Å². The summed E-state index contributed by atoms with van der Waals surface area (Å²) in [5.74, 6) is 0.0908. The quantitative estimate of drug-likeness (QED) is 0.626. The number of carbonyl (C=O) groups excluding carboxylic acids is 1. The van der Waals surface area contributed by atoms with Crippen LogP contribution in [-0.4, -0.2) is 33.1 Å². The van der Waals surface area contributed by atoms with Crippen molar-refractivity contribution in [3.8, 4) is 11.1 Å². The van der Waals surface area contributed by atoms with Gasteiger partial charge in [0.1, 0.15) is 6.61 Å². The molecule has 1 aliphatic rings. The van der Waals surface area contributed by atoms with Gasteiger partial charge in [-0.25, -0.2) is 4.79 Å². The van der Waals surface area contributed by atoms with Gasteiger partial charge in [0.25, 0.3) is 0 Å². The molecule has 2 aromatic rings. The van der Waals surface area contributed by atoms with Crippen molar-refractivity contribution in [1.29, 1.82) is 0 Å². The molecule has 4 nitrogen and oxygen atoms in total. The van der Waals surface area contributed by atoms with E-state index >= 15 is 0 Å². The van der Waals surface area contributed by atoms with E-state index in [1.807, 2.05) is 30.8 Å². The van der Waals surface area contributed by atoms with Gasteiger partial charge in [-0.05, 0) is 41.3 Å². The summed E-state index contributed by atoms with van der Waals surface area (Å²) in [6.45, 7) is 2.77. The van der Waals surface area contributed by atoms with E-state index in [0.717, 1.165) is 12.5 Å². The highest BCUT2D eigenvalue weighted by Crippen LogP contribution is 2.44. The van der Waals surface area contributed by atoms with E-state index in [1.54, 1.807) is 0 Å². The molecule has 0 radical (unpaired) electrons. The Morgan fingerprint density at radius 3 is 2.29 bits per heavy atom. The molecule has 24 heavy (non-hydrogen) atoms. The topological polar surface area (TPSA) is 58.6 Å². The van der Waals surface area contributed by atoms with Crippen LogP contribution in [0.2, 0.25) is 12.6 Å². The molecule has 3 rings (SSSR count). The highest BCUT2D eigenvalue weighted by Gasteiger charge is 2.28. The summed E-state index contributed by atoms with van der Waals surface area (Å²) in [5, 5.41) is 2.76. The molecule has 0 saturated heterocycles. The predicted molar refractivity (Wildman–Crippen MR) is 97.7 cm³/mol. The summed E-state index contributed by atoms with van der Waals surface area (Å²) in [6.07, 6.45) is 0.415. The van der Waals surface area contributed by atoms with Crippen LogP contribution < -0.4 is 5.32 Å². The van der Waals surface area contributed by atoms with E-state index in [2.05, 4.69) is 29.6 Å². The van der Waals surface area contributed by atoms with Gasteiger partial charge in [-0.2, -0.15) is 0 Å². The molecule has 0 heterocycles. The zero-order valence-corrected chi connectivity index (χ0v) is 15.0. The first-order valence-electron chi connectivity index (χ1n) is 8.43. The summed E-state index contributed by atoms with van der Waals surface area (Å²) in [5.41, 5.74) is 4.88. The molecule has 1 atom stereocenters. The number of nitrogens with one attached hydrogen (secondary N) is 1. The lowest BCUT2D eigenvalue weighted by Crippen LogP contribution is -2.27. The Bertz CT molecular complexity index is 672. The van der Waals surface area contributed by atoms with Crippen molar-refractivity contribution in [3.63, 3.8) is 0 Å². The highest BCUT2D eigenvalue weighted by atomic mass is 28.3. The standard InChI is InChI=1S/C19H23NO3Si/c1-24(22)12-6-11-20-19(21)23-13-18-16-9-4-2-7-14(16)15-8-3-5-10-17(15)18/h2-5,7-10,18,22,24H,6,11-13H2,1H3,(H,20,21). The van der Waals surface area contributed by atoms with E-state index in [0.29, 0.717) is 13.2 Å². The van der Waals surface area contributed by atoms with Crippen molar-refractivity contribution in [2.45, 2.75) is 24.9 Å². The Hall–Kier alpha value is -2.11. The Balaban J connectivity index is 1.60. The maximum absolute atomic E-state index is 11.9. The van der Waals surface area contributed by atoms with Gasteiger partial charge >= 0.3 is 6.09 Å². The minimum Gasteiger partial charge on any atom is -0.449 e. The lowest BCUT2D eigenvalue weighted by Gasteiger charge is -2.14. The molecule has 0 aromatic heterocycles. The normalized spacial score (nSPS) is 13.9. The van der Waals surface area contributed by atoms with Gasteiger partial charge < -0.3 is 14.8 Å². The first-order valence-corrected chi connectivity index (χ1v) is 10.9. The average molecular weight is 341 g/mol. The van der Waals surface area contributed by atoms with Gasteiger partial charge in [-0.3, -0.25) is 0 Å². The van der Waals surface area contributed by atoms with Crippen molar-refractivity contribution < 1.29 is 14.3 Å². The zero-order chi connectivity index (χ0) is 16.9. The van der Waals surface area contributed by atoms with Crippen molar-refractivity contribution >= 4 is 15.1 Å². The third kappa shape index (κ3) is 3.68. The van der Waals surface area contributed by atoms with Crippen molar-refractivity contribution in [2.75, 3.05) is 13.2 Å². The van der Waals surface area contributed by atoms with Gasteiger partial charge in [0.15, 0.2) is 9.04 Å². The SMILES string of the molecule is C[SiH](O)CCCNC(=O)OCC1c2ccccc2-c2ccccc21. The largest absolute Gasteiger partial charge is 0.449 e. The number of benzene rings is 2. The minimum atomic E-state index is -1.53. The lowest BCUT2D eigenvalue weighted by atomic mass is 9.98. The summed E-state index contributed by atoms with van der Waals surface area (Å²) >= 11 is 0. The maximum atomic E-state index is 11.9. The molecule has 0 spiro atoms. The maximum Gasteiger partial charge on any atom is 0.407 e. The lowest BCUT2D eigenvalue weighted by molar-refractivity contribution is 0.143. The fourth-order valence-electron chi connectivity index (χ4n) is 3.24. The second-order valence-electron chi connectivity index (χ2n) is 6.24. The van der Waals surface area contributed by atoms with Crippen LogP contribution >= 0.6 is 0 Å². The first-order chi connectivity index (χ1) is 11.7. The van der Waals surface area contributed by atoms with E-state index in [1.165, 1.54) is 22.3 Å². The Labute approximate surface area is 144 Å². The van der Waals surface area contributed by atoms with Crippen molar-refractivity contribution in [3.05, 3.63) is 59.7 Å². The molecule has 5 heteroatoms. The number of carbonyl (C=O) groups is 1. The van der Waals surface area contributed by atoms with Crippen LogP contribution in [0.3, 0.4) is 0 Å². The molecule has 2 aromatic carbocycles. The summed E-state index contributed by atoms with van der Waals surface area (Å²) < 4.78 is 5.45. The number of alkyl carbamates (subject to hydrolysis) is 1.